The summed E-state index contributed by atoms with van der Waals surface area (Å²) in [7, 11) is 0. The maximum Gasteiger partial charge on any atom is 0.336 e. The van der Waals surface area contributed by atoms with E-state index < -0.39 is 0 Å². The third-order valence-corrected chi connectivity index (χ3v) is 3.22. The van der Waals surface area contributed by atoms with E-state index in [0.717, 1.165) is 20.6 Å². The first-order valence-corrected chi connectivity index (χ1v) is 6.48. The molecule has 0 aromatic heterocycles. The van der Waals surface area contributed by atoms with E-state index in [-0.39, 0.29) is 18.3 Å². The molecule has 4 nitrogen and oxygen atoms in total. The van der Waals surface area contributed by atoms with Gasteiger partial charge < -0.3 is 4.84 Å². The van der Waals surface area contributed by atoms with Gasteiger partial charge in [0.05, 0.1) is 13.0 Å². The maximum atomic E-state index is 11.6. The molecule has 0 aliphatic carbocycles. The van der Waals surface area contributed by atoms with Crippen molar-refractivity contribution in [1.29, 1.82) is 0 Å². The van der Waals surface area contributed by atoms with E-state index in [4.69, 9.17) is 4.84 Å². The Balaban J connectivity index is 1.88. The fourth-order valence-electron chi connectivity index (χ4n) is 1.64. The molecule has 0 spiro atoms. The summed E-state index contributed by atoms with van der Waals surface area (Å²) in [6, 6.07) is 7.64. The van der Waals surface area contributed by atoms with Crippen LogP contribution in [0.4, 0.5) is 0 Å². The van der Waals surface area contributed by atoms with Crippen LogP contribution in [0.3, 0.4) is 0 Å². The minimum Gasteiger partial charge on any atom is -0.338 e. The van der Waals surface area contributed by atoms with E-state index in [1.807, 2.05) is 24.3 Å². The lowest BCUT2D eigenvalue weighted by Gasteiger charge is -2.14. The van der Waals surface area contributed by atoms with Gasteiger partial charge in [-0.25, -0.2) is 4.79 Å². The molecule has 17 heavy (non-hydrogen) atoms. The van der Waals surface area contributed by atoms with Gasteiger partial charge in [0.15, 0.2) is 0 Å². The first-order valence-electron chi connectivity index (χ1n) is 5.41. The highest BCUT2D eigenvalue weighted by Gasteiger charge is 2.24. The second-order valence-corrected chi connectivity index (χ2v) is 5.11. The summed E-state index contributed by atoms with van der Waals surface area (Å²) >= 11 is 2.20. The van der Waals surface area contributed by atoms with Crippen molar-refractivity contribution in [3.8, 4) is 0 Å². The molecule has 5 heteroatoms. The first kappa shape index (κ1) is 12.3. The Labute approximate surface area is 113 Å². The summed E-state index contributed by atoms with van der Waals surface area (Å²) in [5.74, 6) is -0.498. The van der Waals surface area contributed by atoms with Crippen LogP contribution in [-0.4, -0.2) is 23.5 Å². The molecule has 2 rings (SSSR count). The molecule has 0 unspecified atom stereocenters. The molecule has 90 valence electrons. The van der Waals surface area contributed by atoms with Gasteiger partial charge in [0.1, 0.15) is 0 Å². The quantitative estimate of drug-likeness (QED) is 0.787. The summed E-state index contributed by atoms with van der Waals surface area (Å²) in [5, 5.41) is 1.16. The van der Waals surface area contributed by atoms with Crippen LogP contribution in [0.15, 0.2) is 24.3 Å². The minimum atomic E-state index is -0.388. The molecule has 0 bridgehead atoms. The molecule has 0 atom stereocenters. The van der Waals surface area contributed by atoms with E-state index in [9.17, 15) is 9.59 Å². The Bertz CT molecular complexity index is 430. The van der Waals surface area contributed by atoms with E-state index in [1.165, 1.54) is 0 Å². The summed E-state index contributed by atoms with van der Waals surface area (Å²) in [6.07, 6.45) is 1.42. The zero-order valence-electron chi connectivity index (χ0n) is 9.19. The van der Waals surface area contributed by atoms with Crippen molar-refractivity contribution in [1.82, 2.24) is 5.06 Å². The standard InChI is InChI=1S/C12H12INO3/c13-10-5-3-9(4-6-10)8-12(16)17-14-7-1-2-11(14)15/h3-6H,1-2,7-8H2. The number of benzene rings is 1. The molecule has 1 aliphatic rings. The summed E-state index contributed by atoms with van der Waals surface area (Å²) in [6.45, 7) is 0.511. The third-order valence-electron chi connectivity index (χ3n) is 2.50. The zero-order valence-corrected chi connectivity index (χ0v) is 11.3. The fourth-order valence-corrected chi connectivity index (χ4v) is 2.00. The Morgan fingerprint density at radius 3 is 2.65 bits per heavy atom. The second kappa shape index (κ2) is 5.48. The Hall–Kier alpha value is -1.11. The lowest BCUT2D eigenvalue weighted by atomic mass is 10.2. The monoisotopic (exact) mass is 345 g/mol. The van der Waals surface area contributed by atoms with Gasteiger partial charge in [-0.3, -0.25) is 4.79 Å². The number of hydrogen-bond acceptors (Lipinski definition) is 3. The molecular weight excluding hydrogens is 333 g/mol. The van der Waals surface area contributed by atoms with Crippen molar-refractivity contribution in [2.45, 2.75) is 19.3 Å². The number of carbonyl (C=O) groups excluding carboxylic acids is 2. The largest absolute Gasteiger partial charge is 0.338 e. The molecule has 1 saturated heterocycles. The highest BCUT2D eigenvalue weighted by Crippen LogP contribution is 2.12. The van der Waals surface area contributed by atoms with Crippen LogP contribution < -0.4 is 0 Å². The number of carbonyl (C=O) groups is 2. The summed E-state index contributed by atoms with van der Waals surface area (Å²) in [5.41, 5.74) is 0.891. The van der Waals surface area contributed by atoms with E-state index in [0.29, 0.717) is 13.0 Å². The highest BCUT2D eigenvalue weighted by molar-refractivity contribution is 14.1. The van der Waals surface area contributed by atoms with Crippen LogP contribution in [-0.2, 0) is 20.8 Å². The van der Waals surface area contributed by atoms with Gasteiger partial charge in [-0.1, -0.05) is 12.1 Å². The van der Waals surface area contributed by atoms with Gasteiger partial charge >= 0.3 is 5.97 Å². The molecule has 1 aromatic rings. The van der Waals surface area contributed by atoms with Gasteiger partial charge in [-0.15, -0.1) is 0 Å². The second-order valence-electron chi connectivity index (χ2n) is 3.87. The SMILES string of the molecule is O=C(Cc1ccc(I)cc1)ON1CCCC1=O. The van der Waals surface area contributed by atoms with Gasteiger partial charge in [-0.2, -0.15) is 5.06 Å². The van der Waals surface area contributed by atoms with Gasteiger partial charge in [-0.05, 0) is 46.7 Å². The van der Waals surface area contributed by atoms with Crippen LogP contribution in [0.2, 0.25) is 0 Å². The molecular formula is C12H12INO3. The topological polar surface area (TPSA) is 46.6 Å². The smallest absolute Gasteiger partial charge is 0.336 e. The number of rotatable bonds is 3. The van der Waals surface area contributed by atoms with Crippen LogP contribution in [0, 0.1) is 3.57 Å². The number of halogens is 1. The first-order chi connectivity index (χ1) is 8.15. The number of nitrogens with zero attached hydrogens (tertiary/aromatic N) is 1. The molecule has 1 aromatic carbocycles. The van der Waals surface area contributed by atoms with E-state index in [1.54, 1.807) is 0 Å². The van der Waals surface area contributed by atoms with Gasteiger partial charge in [0.2, 0.25) is 0 Å². The molecule has 0 saturated carbocycles. The van der Waals surface area contributed by atoms with Crippen LogP contribution in [0.5, 0.6) is 0 Å². The lowest BCUT2D eigenvalue weighted by Crippen LogP contribution is -2.29. The fraction of sp³-hybridized carbons (Fsp3) is 0.333. The Morgan fingerprint density at radius 2 is 2.06 bits per heavy atom. The van der Waals surface area contributed by atoms with Crippen LogP contribution >= 0.6 is 22.6 Å². The Morgan fingerprint density at radius 1 is 1.35 bits per heavy atom. The Kier molecular flexibility index (Phi) is 3.98. The van der Waals surface area contributed by atoms with Crippen molar-refractivity contribution in [2.24, 2.45) is 0 Å². The van der Waals surface area contributed by atoms with Crippen molar-refractivity contribution in [2.75, 3.05) is 6.54 Å². The van der Waals surface area contributed by atoms with Gasteiger partial charge in [0.25, 0.3) is 5.91 Å². The highest BCUT2D eigenvalue weighted by atomic mass is 127. The zero-order chi connectivity index (χ0) is 12.3. The van der Waals surface area contributed by atoms with E-state index >= 15 is 0 Å². The van der Waals surface area contributed by atoms with Crippen molar-refractivity contribution in [3.63, 3.8) is 0 Å². The summed E-state index contributed by atoms with van der Waals surface area (Å²) in [4.78, 5) is 27.8. The number of amides is 1. The molecule has 1 aliphatic heterocycles. The van der Waals surface area contributed by atoms with Crippen LogP contribution in [0.1, 0.15) is 18.4 Å². The molecule has 0 N–H and O–H groups in total. The minimum absolute atomic E-state index is 0.110. The average molecular weight is 345 g/mol. The van der Waals surface area contributed by atoms with Crippen molar-refractivity contribution >= 4 is 34.5 Å². The van der Waals surface area contributed by atoms with Gasteiger partial charge in [0, 0.05) is 9.99 Å². The van der Waals surface area contributed by atoms with Crippen molar-refractivity contribution < 1.29 is 14.4 Å². The number of hydrogen-bond donors (Lipinski definition) is 0. The molecule has 1 fully saturated rings. The molecule has 1 amide bonds. The summed E-state index contributed by atoms with van der Waals surface area (Å²) < 4.78 is 1.12. The normalized spacial score (nSPS) is 15.1. The predicted octanol–water partition coefficient (Wildman–Crippen LogP) is 1.91. The van der Waals surface area contributed by atoms with Crippen LogP contribution in [0.25, 0.3) is 0 Å². The van der Waals surface area contributed by atoms with Crippen molar-refractivity contribution in [3.05, 3.63) is 33.4 Å². The lowest BCUT2D eigenvalue weighted by molar-refractivity contribution is -0.192. The molecule has 0 radical (unpaired) electrons. The predicted molar refractivity (Wildman–Crippen MR) is 69.9 cm³/mol. The average Bonchev–Trinajstić information content (AvgIpc) is 2.68. The third kappa shape index (κ3) is 3.42. The number of hydroxylamine groups is 2. The molecule has 1 heterocycles. The maximum absolute atomic E-state index is 11.6. The van der Waals surface area contributed by atoms with E-state index in [2.05, 4.69) is 22.6 Å².